The van der Waals surface area contributed by atoms with Gasteiger partial charge in [0.15, 0.2) is 5.60 Å². The molecule has 3 atom stereocenters. The average molecular weight is 368 g/mol. The van der Waals surface area contributed by atoms with Crippen LogP contribution in [0.3, 0.4) is 0 Å². The van der Waals surface area contributed by atoms with Gasteiger partial charge in [0.1, 0.15) is 0 Å². The Bertz CT molecular complexity index is 658. The van der Waals surface area contributed by atoms with Crippen LogP contribution >= 0.6 is 15.9 Å². The van der Waals surface area contributed by atoms with Crippen LogP contribution in [0.25, 0.3) is 0 Å². The first-order chi connectivity index (χ1) is 10.3. The van der Waals surface area contributed by atoms with Crippen LogP contribution < -0.4 is 5.32 Å². The third kappa shape index (κ3) is 2.44. The Morgan fingerprint density at radius 2 is 2.23 bits per heavy atom. The minimum absolute atomic E-state index is 0.0881. The van der Waals surface area contributed by atoms with Crippen molar-refractivity contribution in [1.29, 1.82) is 0 Å². The molecule has 118 valence electrons. The normalized spacial score (nSPS) is 28.0. The minimum Gasteiger partial charge on any atom is -0.479 e. The van der Waals surface area contributed by atoms with Gasteiger partial charge in [-0.25, -0.2) is 4.79 Å². The lowest BCUT2D eigenvalue weighted by molar-refractivity contribution is -0.156. The summed E-state index contributed by atoms with van der Waals surface area (Å²) < 4.78 is 1.04. The van der Waals surface area contributed by atoms with Gasteiger partial charge >= 0.3 is 5.97 Å². The van der Waals surface area contributed by atoms with E-state index in [-0.39, 0.29) is 23.8 Å². The number of hydrogen-bond acceptors (Lipinski definition) is 3. The highest BCUT2D eigenvalue weighted by Gasteiger charge is 2.61. The number of benzene rings is 1. The maximum absolute atomic E-state index is 12.3. The van der Waals surface area contributed by atoms with Crippen molar-refractivity contribution in [1.82, 2.24) is 5.32 Å². The molecule has 1 fully saturated rings. The van der Waals surface area contributed by atoms with Gasteiger partial charge in [0, 0.05) is 15.8 Å². The zero-order valence-electron chi connectivity index (χ0n) is 12.2. The van der Waals surface area contributed by atoms with Crippen LogP contribution in [0.15, 0.2) is 22.7 Å². The number of halogens is 1. The Hall–Kier alpha value is -1.40. The van der Waals surface area contributed by atoms with Crippen LogP contribution in [0.4, 0.5) is 0 Å². The van der Waals surface area contributed by atoms with Gasteiger partial charge in [0.05, 0.1) is 6.54 Å². The number of aliphatic hydroxyl groups is 1. The van der Waals surface area contributed by atoms with Crippen molar-refractivity contribution in [2.45, 2.75) is 37.2 Å². The average Bonchev–Trinajstić information content (AvgIpc) is 3.07. The van der Waals surface area contributed by atoms with Gasteiger partial charge in [-0.1, -0.05) is 22.0 Å². The first-order valence-corrected chi connectivity index (χ1v) is 8.08. The lowest BCUT2D eigenvalue weighted by Crippen LogP contribution is -2.47. The highest BCUT2D eigenvalue weighted by molar-refractivity contribution is 9.10. The van der Waals surface area contributed by atoms with Crippen LogP contribution in [-0.2, 0) is 21.4 Å². The Kier molecular flexibility index (Phi) is 3.57. The number of amides is 1. The van der Waals surface area contributed by atoms with E-state index in [1.807, 2.05) is 6.07 Å². The van der Waals surface area contributed by atoms with Crippen molar-refractivity contribution in [3.63, 3.8) is 0 Å². The molecule has 1 aromatic carbocycles. The standard InChI is InChI=1S/C16H18BrNO4/c1-15(22,14(20)21)8-18-13(19)12-7-16(12)5-4-9-6-10(17)2-3-11(9)16/h2-3,6,12,22H,4-5,7-8H2,1H3,(H,18,19)(H,20,21). The summed E-state index contributed by atoms with van der Waals surface area (Å²) in [5.41, 5.74) is 0.494. The number of rotatable bonds is 4. The number of carboxylic acid groups (broad SMARTS) is 1. The largest absolute Gasteiger partial charge is 0.479 e. The molecule has 0 aliphatic heterocycles. The molecule has 3 rings (SSSR count). The zero-order chi connectivity index (χ0) is 16.1. The van der Waals surface area contributed by atoms with Crippen LogP contribution in [0, 0.1) is 5.92 Å². The van der Waals surface area contributed by atoms with E-state index in [2.05, 4.69) is 33.4 Å². The van der Waals surface area contributed by atoms with Gasteiger partial charge in [0.25, 0.3) is 0 Å². The number of aliphatic carboxylic acids is 1. The van der Waals surface area contributed by atoms with E-state index in [1.165, 1.54) is 18.1 Å². The predicted octanol–water partition coefficient (Wildman–Crippen LogP) is 1.60. The van der Waals surface area contributed by atoms with Crippen LogP contribution in [0.1, 0.15) is 30.9 Å². The molecule has 0 saturated heterocycles. The Morgan fingerprint density at radius 1 is 1.50 bits per heavy atom. The summed E-state index contributed by atoms with van der Waals surface area (Å²) in [6.45, 7) is 0.904. The van der Waals surface area contributed by atoms with Gasteiger partial charge in [-0.3, -0.25) is 4.79 Å². The molecule has 0 heterocycles. The smallest absolute Gasteiger partial charge is 0.337 e. The topological polar surface area (TPSA) is 86.6 Å². The number of fused-ring (bicyclic) bond motifs is 2. The third-order valence-electron chi connectivity index (χ3n) is 4.90. The highest BCUT2D eigenvalue weighted by Crippen LogP contribution is 2.61. The van der Waals surface area contributed by atoms with E-state index in [9.17, 15) is 14.7 Å². The fourth-order valence-corrected chi connectivity index (χ4v) is 3.84. The Labute approximate surface area is 136 Å². The predicted molar refractivity (Wildman–Crippen MR) is 83.5 cm³/mol. The fourth-order valence-electron chi connectivity index (χ4n) is 3.43. The molecular formula is C16H18BrNO4. The molecule has 0 radical (unpaired) electrons. The summed E-state index contributed by atoms with van der Waals surface area (Å²) in [6, 6.07) is 6.17. The van der Waals surface area contributed by atoms with E-state index in [0.29, 0.717) is 0 Å². The van der Waals surface area contributed by atoms with Crippen molar-refractivity contribution in [3.8, 4) is 0 Å². The second-order valence-electron chi connectivity index (χ2n) is 6.51. The zero-order valence-corrected chi connectivity index (χ0v) is 13.8. The number of nitrogens with one attached hydrogen (secondary N) is 1. The number of carbonyl (C=O) groups excluding carboxylic acids is 1. The Balaban J connectivity index is 1.68. The molecule has 3 N–H and O–H groups in total. The summed E-state index contributed by atoms with van der Waals surface area (Å²) in [6.07, 6.45) is 2.71. The highest BCUT2D eigenvalue weighted by atomic mass is 79.9. The van der Waals surface area contributed by atoms with E-state index in [4.69, 9.17) is 5.11 Å². The first kappa shape index (κ1) is 15.5. The molecule has 6 heteroatoms. The molecule has 1 saturated carbocycles. The van der Waals surface area contributed by atoms with Crippen LogP contribution in [-0.4, -0.2) is 34.2 Å². The third-order valence-corrected chi connectivity index (χ3v) is 5.40. The quantitative estimate of drug-likeness (QED) is 0.754. The maximum Gasteiger partial charge on any atom is 0.337 e. The van der Waals surface area contributed by atoms with Gasteiger partial charge in [-0.05, 0) is 49.4 Å². The molecule has 2 aliphatic carbocycles. The molecular weight excluding hydrogens is 350 g/mol. The molecule has 5 nitrogen and oxygen atoms in total. The molecule has 2 aliphatic rings. The van der Waals surface area contributed by atoms with Crippen molar-refractivity contribution < 1.29 is 19.8 Å². The van der Waals surface area contributed by atoms with Crippen molar-refractivity contribution in [2.75, 3.05) is 6.54 Å². The number of hydrogen-bond donors (Lipinski definition) is 3. The molecule has 1 aromatic rings. The van der Waals surface area contributed by atoms with E-state index in [0.717, 1.165) is 23.7 Å². The second-order valence-corrected chi connectivity index (χ2v) is 7.43. The summed E-state index contributed by atoms with van der Waals surface area (Å²) >= 11 is 3.46. The lowest BCUT2D eigenvalue weighted by atomic mass is 9.95. The van der Waals surface area contributed by atoms with Crippen LogP contribution in [0.2, 0.25) is 0 Å². The molecule has 3 unspecified atom stereocenters. The minimum atomic E-state index is -1.93. The summed E-state index contributed by atoms with van der Waals surface area (Å²) in [7, 11) is 0. The van der Waals surface area contributed by atoms with Gasteiger partial charge in [-0.2, -0.15) is 0 Å². The van der Waals surface area contributed by atoms with Crippen molar-refractivity contribution in [3.05, 3.63) is 33.8 Å². The second kappa shape index (κ2) is 5.06. The lowest BCUT2D eigenvalue weighted by Gasteiger charge is -2.19. The number of carboxylic acids is 1. The molecule has 0 bridgehead atoms. The van der Waals surface area contributed by atoms with Gasteiger partial charge in [-0.15, -0.1) is 0 Å². The molecule has 1 amide bonds. The first-order valence-electron chi connectivity index (χ1n) is 7.29. The van der Waals surface area contributed by atoms with E-state index >= 15 is 0 Å². The number of carbonyl (C=O) groups is 2. The summed E-state index contributed by atoms with van der Waals surface area (Å²) in [5.74, 6) is -1.63. The van der Waals surface area contributed by atoms with Gasteiger partial charge in [0.2, 0.25) is 5.91 Å². The van der Waals surface area contributed by atoms with Crippen LogP contribution in [0.5, 0.6) is 0 Å². The van der Waals surface area contributed by atoms with Crippen molar-refractivity contribution in [2.24, 2.45) is 5.92 Å². The van der Waals surface area contributed by atoms with E-state index in [1.54, 1.807) is 0 Å². The monoisotopic (exact) mass is 367 g/mol. The van der Waals surface area contributed by atoms with Crippen molar-refractivity contribution >= 4 is 27.8 Å². The number of aryl methyl sites for hydroxylation is 1. The molecule has 22 heavy (non-hydrogen) atoms. The molecule has 0 aromatic heterocycles. The SMILES string of the molecule is CC(O)(CNC(=O)C1CC12CCc1cc(Br)ccc12)C(=O)O. The summed E-state index contributed by atoms with van der Waals surface area (Å²) in [4.78, 5) is 23.1. The fraction of sp³-hybridized carbons (Fsp3) is 0.500. The maximum atomic E-state index is 12.3. The molecule has 1 spiro atoms. The summed E-state index contributed by atoms with van der Waals surface area (Å²) in [5, 5.41) is 21.1. The van der Waals surface area contributed by atoms with E-state index < -0.39 is 11.6 Å². The van der Waals surface area contributed by atoms with Gasteiger partial charge < -0.3 is 15.5 Å². The Morgan fingerprint density at radius 3 is 2.91 bits per heavy atom.